The topological polar surface area (TPSA) is 71.3 Å². The summed E-state index contributed by atoms with van der Waals surface area (Å²) in [6, 6.07) is 7.99. The Kier molecular flexibility index (Phi) is 5.03. The molecule has 0 unspecified atom stereocenters. The second kappa shape index (κ2) is 7.48. The Balaban J connectivity index is 1.51. The highest BCUT2D eigenvalue weighted by Crippen LogP contribution is 2.23. The maximum atomic E-state index is 12.7. The minimum atomic E-state index is -0.0900. The van der Waals surface area contributed by atoms with Crippen molar-refractivity contribution in [1.82, 2.24) is 19.9 Å². The van der Waals surface area contributed by atoms with Crippen LogP contribution < -0.4 is 15.4 Å². The molecule has 1 aromatic carbocycles. The number of piperazine rings is 1. The molecule has 7 nitrogen and oxygen atoms in total. The van der Waals surface area contributed by atoms with E-state index in [1.165, 1.54) is 5.69 Å². The van der Waals surface area contributed by atoms with Crippen molar-refractivity contribution in [2.24, 2.45) is 0 Å². The van der Waals surface area contributed by atoms with Crippen LogP contribution in [0.25, 0.3) is 11.0 Å². The first-order valence-electron chi connectivity index (χ1n) is 9.44. The number of nitrogens with zero attached hydrogens (tertiary/aromatic N) is 4. The fraction of sp³-hybridized carbons (Fsp3) is 0.400. The number of fused-ring (bicyclic) bond motifs is 1. The third-order valence-electron chi connectivity index (χ3n) is 5.34. The molecule has 0 saturated carbocycles. The van der Waals surface area contributed by atoms with E-state index in [-0.39, 0.29) is 5.56 Å². The summed E-state index contributed by atoms with van der Waals surface area (Å²) in [6.07, 6.45) is 0. The highest BCUT2D eigenvalue weighted by Gasteiger charge is 2.21. The number of nitrogens with one attached hydrogen (secondary N) is 2. The van der Waals surface area contributed by atoms with Crippen LogP contribution in [-0.4, -0.2) is 60.1 Å². The Morgan fingerprint density at radius 3 is 2.43 bits per heavy atom. The monoisotopic (exact) mass is 400 g/mol. The molecule has 0 spiro atoms. The molecule has 28 heavy (non-hydrogen) atoms. The van der Waals surface area contributed by atoms with Gasteiger partial charge in [0.25, 0.3) is 5.56 Å². The van der Waals surface area contributed by atoms with Crippen LogP contribution in [0.15, 0.2) is 29.1 Å². The number of H-pyrrole nitrogens is 2. The van der Waals surface area contributed by atoms with Gasteiger partial charge in [-0.1, -0.05) is 11.6 Å². The summed E-state index contributed by atoms with van der Waals surface area (Å²) >= 11 is 5.99. The minimum absolute atomic E-state index is 0.0900. The highest BCUT2D eigenvalue weighted by atomic mass is 35.5. The van der Waals surface area contributed by atoms with Crippen molar-refractivity contribution < 1.29 is 0 Å². The van der Waals surface area contributed by atoms with Crippen LogP contribution in [0.1, 0.15) is 11.3 Å². The van der Waals surface area contributed by atoms with Crippen LogP contribution in [0, 0.1) is 6.92 Å². The van der Waals surface area contributed by atoms with Gasteiger partial charge in [-0.25, -0.2) is 0 Å². The van der Waals surface area contributed by atoms with Gasteiger partial charge in [0, 0.05) is 68.8 Å². The number of rotatable bonds is 4. The smallest absolute Gasteiger partial charge is 0.262 e. The molecular weight excluding hydrogens is 376 g/mol. The summed E-state index contributed by atoms with van der Waals surface area (Å²) in [7, 11) is 3.72. The Hall–Kier alpha value is -2.51. The summed E-state index contributed by atoms with van der Waals surface area (Å²) in [6.45, 7) is 6.53. The van der Waals surface area contributed by atoms with Gasteiger partial charge in [-0.05, 0) is 31.2 Å². The molecule has 4 rings (SSSR count). The van der Waals surface area contributed by atoms with E-state index in [4.69, 9.17) is 11.6 Å². The molecule has 3 aromatic rings. The van der Waals surface area contributed by atoms with Crippen LogP contribution in [0.5, 0.6) is 0 Å². The lowest BCUT2D eigenvalue weighted by molar-refractivity contribution is 0.250. The van der Waals surface area contributed by atoms with E-state index in [0.29, 0.717) is 17.0 Å². The summed E-state index contributed by atoms with van der Waals surface area (Å²) in [5, 5.41) is 1.43. The zero-order chi connectivity index (χ0) is 19.8. The molecule has 2 aromatic heterocycles. The average Bonchev–Trinajstić information content (AvgIpc) is 2.99. The standard InChI is InChI=1S/C20H25ClN6O/c1-13-16(17-18(22-13)23-20(25(2)3)24-19(17)28)12-26-8-10-27(11-9-26)15-6-4-14(21)5-7-15/h4-7H,8-12H2,1-3H3,(H2,22,23,24,28). The van der Waals surface area contributed by atoms with Gasteiger partial charge in [0.1, 0.15) is 5.65 Å². The first kappa shape index (κ1) is 18.8. The second-order valence-corrected chi connectivity index (χ2v) is 7.91. The Labute approximate surface area is 168 Å². The van der Waals surface area contributed by atoms with Gasteiger partial charge >= 0.3 is 0 Å². The van der Waals surface area contributed by atoms with Crippen molar-refractivity contribution in [2.45, 2.75) is 13.5 Å². The van der Waals surface area contributed by atoms with E-state index >= 15 is 0 Å². The van der Waals surface area contributed by atoms with Crippen molar-refractivity contribution in [2.75, 3.05) is 50.1 Å². The van der Waals surface area contributed by atoms with Gasteiger partial charge in [-0.2, -0.15) is 4.98 Å². The maximum absolute atomic E-state index is 12.7. The highest BCUT2D eigenvalue weighted by molar-refractivity contribution is 6.30. The van der Waals surface area contributed by atoms with E-state index in [1.54, 1.807) is 4.90 Å². The zero-order valence-corrected chi connectivity index (χ0v) is 17.2. The molecule has 1 saturated heterocycles. The van der Waals surface area contributed by atoms with Gasteiger partial charge in [-0.15, -0.1) is 0 Å². The summed E-state index contributed by atoms with van der Waals surface area (Å²) in [4.78, 5) is 29.9. The molecule has 0 aliphatic carbocycles. The number of halogens is 1. The molecule has 2 N–H and O–H groups in total. The van der Waals surface area contributed by atoms with Crippen LogP contribution in [0.2, 0.25) is 5.02 Å². The molecule has 1 fully saturated rings. The summed E-state index contributed by atoms with van der Waals surface area (Å²) < 4.78 is 0. The van der Waals surface area contributed by atoms with Gasteiger partial charge < -0.3 is 14.8 Å². The Morgan fingerprint density at radius 1 is 1.11 bits per heavy atom. The first-order valence-corrected chi connectivity index (χ1v) is 9.82. The lowest BCUT2D eigenvalue weighted by Crippen LogP contribution is -2.46. The summed E-state index contributed by atoms with van der Waals surface area (Å²) in [5.74, 6) is 0.557. The van der Waals surface area contributed by atoms with Crippen LogP contribution in [-0.2, 0) is 6.54 Å². The van der Waals surface area contributed by atoms with E-state index < -0.39 is 0 Å². The minimum Gasteiger partial charge on any atom is -0.369 e. The number of benzene rings is 1. The fourth-order valence-corrected chi connectivity index (χ4v) is 3.85. The van der Waals surface area contributed by atoms with Crippen molar-refractivity contribution in [1.29, 1.82) is 0 Å². The van der Waals surface area contributed by atoms with Gasteiger partial charge in [-0.3, -0.25) is 14.7 Å². The molecule has 1 aliphatic rings. The largest absolute Gasteiger partial charge is 0.369 e. The first-order chi connectivity index (χ1) is 13.4. The molecular formula is C20H25ClN6O. The van der Waals surface area contributed by atoms with Crippen LogP contribution >= 0.6 is 11.6 Å². The number of aryl methyl sites for hydroxylation is 1. The Morgan fingerprint density at radius 2 is 1.79 bits per heavy atom. The third-order valence-corrected chi connectivity index (χ3v) is 5.59. The zero-order valence-electron chi connectivity index (χ0n) is 16.4. The van der Waals surface area contributed by atoms with Crippen LogP contribution in [0.4, 0.5) is 11.6 Å². The fourth-order valence-electron chi connectivity index (χ4n) is 3.72. The molecule has 1 aliphatic heterocycles. The van der Waals surface area contributed by atoms with Crippen molar-refractivity contribution in [3.05, 3.63) is 50.9 Å². The van der Waals surface area contributed by atoms with E-state index in [0.717, 1.165) is 49.0 Å². The molecule has 0 radical (unpaired) electrons. The molecule has 0 atom stereocenters. The van der Waals surface area contributed by atoms with Crippen molar-refractivity contribution >= 4 is 34.3 Å². The predicted octanol–water partition coefficient (Wildman–Crippen LogP) is 2.60. The quantitative estimate of drug-likeness (QED) is 0.704. The van der Waals surface area contributed by atoms with Gasteiger partial charge in [0.2, 0.25) is 5.95 Å². The van der Waals surface area contributed by atoms with E-state index in [2.05, 4.69) is 36.9 Å². The SMILES string of the molecule is Cc1[nH]c2nc(N(C)C)[nH]c(=O)c2c1CN1CCN(c2ccc(Cl)cc2)CC1. The normalized spacial score (nSPS) is 15.4. The molecule has 0 bridgehead atoms. The van der Waals surface area contributed by atoms with E-state index in [1.807, 2.05) is 33.2 Å². The molecule has 148 valence electrons. The molecule has 3 heterocycles. The third kappa shape index (κ3) is 3.59. The summed E-state index contributed by atoms with van der Waals surface area (Å²) in [5.41, 5.74) is 3.80. The number of anilines is 2. The van der Waals surface area contributed by atoms with E-state index in [9.17, 15) is 4.79 Å². The van der Waals surface area contributed by atoms with Crippen molar-refractivity contribution in [3.63, 3.8) is 0 Å². The predicted molar refractivity (Wildman–Crippen MR) is 115 cm³/mol. The number of aromatic nitrogens is 3. The lowest BCUT2D eigenvalue weighted by Gasteiger charge is -2.36. The number of hydrogen-bond acceptors (Lipinski definition) is 5. The average molecular weight is 401 g/mol. The van der Waals surface area contributed by atoms with Crippen molar-refractivity contribution in [3.8, 4) is 0 Å². The van der Waals surface area contributed by atoms with Gasteiger partial charge in [0.15, 0.2) is 0 Å². The molecule has 8 heteroatoms. The Bertz CT molecular complexity index is 1030. The van der Waals surface area contributed by atoms with Crippen LogP contribution in [0.3, 0.4) is 0 Å². The lowest BCUT2D eigenvalue weighted by atomic mass is 10.1. The number of hydrogen-bond donors (Lipinski definition) is 2. The second-order valence-electron chi connectivity index (χ2n) is 7.48. The van der Waals surface area contributed by atoms with Gasteiger partial charge in [0.05, 0.1) is 5.39 Å². The maximum Gasteiger partial charge on any atom is 0.262 e. The molecule has 0 amide bonds. The number of aromatic amines is 2.